The van der Waals surface area contributed by atoms with Gasteiger partial charge in [0, 0.05) is 32.1 Å². The molecule has 0 atom stereocenters. The Morgan fingerprint density at radius 2 is 1.70 bits per heavy atom. The minimum absolute atomic E-state index is 0.0349. The fraction of sp³-hybridized carbons (Fsp3) is 0.929. The largest absolute Gasteiger partial charge is 0.390 e. The maximum absolute atomic E-state index is 12.1. The van der Waals surface area contributed by atoms with Gasteiger partial charge in [-0.1, -0.05) is 27.7 Å². The van der Waals surface area contributed by atoms with E-state index in [0.717, 1.165) is 6.42 Å². The molecule has 0 radical (unpaired) electrons. The zero-order valence-corrected chi connectivity index (χ0v) is 13.0. The van der Waals surface area contributed by atoms with E-state index in [1.54, 1.807) is 9.80 Å². The molecule has 1 aliphatic heterocycles. The molecule has 0 aliphatic carbocycles. The van der Waals surface area contributed by atoms with Crippen molar-refractivity contribution in [1.82, 2.24) is 9.80 Å². The van der Waals surface area contributed by atoms with Crippen molar-refractivity contribution in [1.29, 1.82) is 0 Å². The van der Waals surface area contributed by atoms with Gasteiger partial charge in [-0.2, -0.15) is 13.2 Å². The lowest BCUT2D eigenvalue weighted by molar-refractivity contribution is -0.138. The van der Waals surface area contributed by atoms with Crippen LogP contribution in [-0.2, 0) is 4.79 Å². The lowest BCUT2D eigenvalue weighted by Gasteiger charge is -2.23. The molecule has 0 unspecified atom stereocenters. The third-order valence-corrected chi connectivity index (χ3v) is 3.11. The van der Waals surface area contributed by atoms with Gasteiger partial charge in [0.2, 0.25) is 5.91 Å². The molecule has 0 N–H and O–H groups in total. The van der Waals surface area contributed by atoms with Crippen molar-refractivity contribution >= 4 is 5.91 Å². The Kier molecular flexibility index (Phi) is 8.85. The summed E-state index contributed by atoms with van der Waals surface area (Å²) in [5.74, 6) is 0.0411. The lowest BCUT2D eigenvalue weighted by Crippen LogP contribution is -2.38. The van der Waals surface area contributed by atoms with Gasteiger partial charge in [-0.3, -0.25) is 4.79 Å². The Bertz CT molecular complexity index is 280. The molecule has 1 saturated heterocycles. The fourth-order valence-electron chi connectivity index (χ4n) is 2.06. The van der Waals surface area contributed by atoms with E-state index in [4.69, 9.17) is 0 Å². The number of alkyl halides is 3. The van der Waals surface area contributed by atoms with Crippen molar-refractivity contribution in [2.75, 3.05) is 32.7 Å². The molecule has 1 fully saturated rings. The summed E-state index contributed by atoms with van der Waals surface area (Å²) in [7, 11) is 0. The maximum atomic E-state index is 12.1. The van der Waals surface area contributed by atoms with E-state index in [2.05, 4.69) is 0 Å². The monoisotopic (exact) mass is 296 g/mol. The number of halogens is 3. The van der Waals surface area contributed by atoms with Gasteiger partial charge in [0.1, 0.15) is 0 Å². The minimum Gasteiger partial charge on any atom is -0.341 e. The molecule has 20 heavy (non-hydrogen) atoms. The standard InChI is InChI=1S/C12H21F3N2O.C2H6/c1-10(2)11(18)17-6-3-5-16(8-9-17)7-4-12(13,14)15;1-2/h10H,3-9H2,1-2H3;1-2H3. The lowest BCUT2D eigenvalue weighted by atomic mass is 10.2. The van der Waals surface area contributed by atoms with Gasteiger partial charge in [0.05, 0.1) is 6.42 Å². The van der Waals surface area contributed by atoms with Crippen molar-refractivity contribution < 1.29 is 18.0 Å². The summed E-state index contributed by atoms with van der Waals surface area (Å²) in [5, 5.41) is 0. The highest BCUT2D eigenvalue weighted by Crippen LogP contribution is 2.20. The first-order valence-electron chi connectivity index (χ1n) is 7.37. The Morgan fingerprint density at radius 1 is 1.10 bits per heavy atom. The van der Waals surface area contributed by atoms with Crippen LogP contribution in [-0.4, -0.2) is 54.6 Å². The number of amides is 1. The van der Waals surface area contributed by atoms with E-state index in [1.165, 1.54) is 0 Å². The predicted octanol–water partition coefficient (Wildman–Crippen LogP) is 3.16. The van der Waals surface area contributed by atoms with Gasteiger partial charge in [0.25, 0.3) is 0 Å². The van der Waals surface area contributed by atoms with E-state index < -0.39 is 12.6 Å². The number of hydrogen-bond acceptors (Lipinski definition) is 2. The van der Waals surface area contributed by atoms with E-state index in [0.29, 0.717) is 26.2 Å². The first-order chi connectivity index (χ1) is 9.29. The summed E-state index contributed by atoms with van der Waals surface area (Å²) in [5.41, 5.74) is 0. The first kappa shape index (κ1) is 19.2. The molecule has 6 heteroatoms. The average Bonchev–Trinajstić information content (AvgIpc) is 2.62. The summed E-state index contributed by atoms with van der Waals surface area (Å²) in [6, 6.07) is 0. The molecule has 1 rings (SSSR count). The Morgan fingerprint density at radius 3 is 2.20 bits per heavy atom. The highest BCUT2D eigenvalue weighted by Gasteiger charge is 2.28. The van der Waals surface area contributed by atoms with Gasteiger partial charge in [-0.05, 0) is 13.0 Å². The zero-order chi connectivity index (χ0) is 15.8. The molecule has 1 aliphatic rings. The number of carbonyl (C=O) groups is 1. The third kappa shape index (κ3) is 7.72. The van der Waals surface area contributed by atoms with Gasteiger partial charge in [-0.25, -0.2) is 0 Å². The van der Waals surface area contributed by atoms with Crippen molar-refractivity contribution in [3.8, 4) is 0 Å². The van der Waals surface area contributed by atoms with E-state index in [-0.39, 0.29) is 18.4 Å². The van der Waals surface area contributed by atoms with Gasteiger partial charge < -0.3 is 9.80 Å². The normalized spacial score (nSPS) is 17.5. The van der Waals surface area contributed by atoms with Gasteiger partial charge in [-0.15, -0.1) is 0 Å². The SMILES string of the molecule is CC.CC(C)C(=O)N1CCCN(CCC(F)(F)F)CC1. The number of hydrogen-bond donors (Lipinski definition) is 0. The summed E-state index contributed by atoms with van der Waals surface area (Å²) in [6.07, 6.45) is -4.12. The molecule has 1 heterocycles. The summed E-state index contributed by atoms with van der Waals surface area (Å²) >= 11 is 0. The van der Waals surface area contributed by atoms with Gasteiger partial charge >= 0.3 is 6.18 Å². The number of carbonyl (C=O) groups excluding carboxylic acids is 1. The van der Waals surface area contributed by atoms with Crippen LogP contribution in [0.5, 0.6) is 0 Å². The van der Waals surface area contributed by atoms with E-state index >= 15 is 0 Å². The van der Waals surface area contributed by atoms with Gasteiger partial charge in [0.15, 0.2) is 0 Å². The molecule has 1 amide bonds. The van der Waals surface area contributed by atoms with Crippen LogP contribution in [0.25, 0.3) is 0 Å². The fourth-order valence-corrected chi connectivity index (χ4v) is 2.06. The third-order valence-electron chi connectivity index (χ3n) is 3.11. The summed E-state index contributed by atoms with van der Waals surface area (Å²) < 4.78 is 36.4. The van der Waals surface area contributed by atoms with Crippen molar-refractivity contribution in [2.45, 2.75) is 46.7 Å². The predicted molar refractivity (Wildman–Crippen MR) is 74.5 cm³/mol. The molecule has 0 aromatic carbocycles. The van der Waals surface area contributed by atoms with Crippen LogP contribution in [0, 0.1) is 5.92 Å². The smallest absolute Gasteiger partial charge is 0.341 e. The second kappa shape index (κ2) is 9.21. The van der Waals surface area contributed by atoms with Crippen LogP contribution in [0.2, 0.25) is 0 Å². The van der Waals surface area contributed by atoms with E-state index in [9.17, 15) is 18.0 Å². The van der Waals surface area contributed by atoms with Crippen LogP contribution >= 0.6 is 0 Å². The molecular formula is C14H27F3N2O. The molecule has 120 valence electrons. The second-order valence-electron chi connectivity index (χ2n) is 5.04. The van der Waals surface area contributed by atoms with Crippen molar-refractivity contribution in [3.05, 3.63) is 0 Å². The quantitative estimate of drug-likeness (QED) is 0.798. The van der Waals surface area contributed by atoms with Crippen LogP contribution in [0.1, 0.15) is 40.5 Å². The molecule has 0 spiro atoms. The van der Waals surface area contributed by atoms with Crippen LogP contribution in [0.4, 0.5) is 13.2 Å². The van der Waals surface area contributed by atoms with Crippen LogP contribution in [0.3, 0.4) is 0 Å². The highest BCUT2D eigenvalue weighted by atomic mass is 19.4. The first-order valence-corrected chi connectivity index (χ1v) is 7.37. The Hall–Kier alpha value is -0.780. The Balaban J connectivity index is 0.00000172. The zero-order valence-electron chi connectivity index (χ0n) is 13.0. The number of rotatable bonds is 3. The topological polar surface area (TPSA) is 23.6 Å². The van der Waals surface area contributed by atoms with Crippen molar-refractivity contribution in [3.63, 3.8) is 0 Å². The maximum Gasteiger partial charge on any atom is 0.390 e. The number of nitrogens with zero attached hydrogens (tertiary/aromatic N) is 2. The molecule has 0 aromatic heterocycles. The van der Waals surface area contributed by atoms with Crippen molar-refractivity contribution in [2.24, 2.45) is 5.92 Å². The van der Waals surface area contributed by atoms with Crippen LogP contribution < -0.4 is 0 Å². The second-order valence-corrected chi connectivity index (χ2v) is 5.04. The van der Waals surface area contributed by atoms with Crippen LogP contribution in [0.15, 0.2) is 0 Å². The summed E-state index contributed by atoms with van der Waals surface area (Å²) in [4.78, 5) is 15.4. The summed E-state index contributed by atoms with van der Waals surface area (Å²) in [6.45, 7) is 10.1. The molecular weight excluding hydrogens is 269 g/mol. The molecule has 0 saturated carbocycles. The molecule has 0 bridgehead atoms. The average molecular weight is 296 g/mol. The minimum atomic E-state index is -4.10. The highest BCUT2D eigenvalue weighted by molar-refractivity contribution is 5.78. The Labute approximate surface area is 120 Å². The molecule has 0 aromatic rings. The molecule has 3 nitrogen and oxygen atoms in total. The van der Waals surface area contributed by atoms with E-state index in [1.807, 2.05) is 27.7 Å².